The van der Waals surface area contributed by atoms with E-state index in [-0.39, 0.29) is 23.3 Å². The molecular weight excluding hydrogens is 358 g/mol. The number of anilines is 1. The summed E-state index contributed by atoms with van der Waals surface area (Å²) in [5, 5.41) is 5.70. The maximum atomic E-state index is 12.6. The zero-order valence-corrected chi connectivity index (χ0v) is 14.9. The number of likely N-dealkylation sites (tertiary alicyclic amines) is 1. The van der Waals surface area contributed by atoms with E-state index in [1.807, 2.05) is 24.3 Å². The summed E-state index contributed by atoms with van der Waals surface area (Å²) in [6, 6.07) is 7.39. The van der Waals surface area contributed by atoms with E-state index in [1.54, 1.807) is 11.9 Å². The highest BCUT2D eigenvalue weighted by molar-refractivity contribution is 9.10. The lowest BCUT2D eigenvalue weighted by Gasteiger charge is -2.28. The molecule has 3 amide bonds. The number of halogens is 1. The van der Waals surface area contributed by atoms with Gasteiger partial charge in [-0.05, 0) is 37.1 Å². The third-order valence-electron chi connectivity index (χ3n) is 5.19. The molecule has 3 rings (SSSR count). The molecule has 1 aromatic rings. The summed E-state index contributed by atoms with van der Waals surface area (Å²) in [6.45, 7) is 1.18. The number of carbonyl (C=O) groups is 2. The van der Waals surface area contributed by atoms with Crippen LogP contribution in [0, 0.1) is 11.3 Å². The molecule has 1 aliphatic carbocycles. The number of hydrogen-bond donors (Lipinski definition) is 2. The Balaban J connectivity index is 1.72. The monoisotopic (exact) mass is 379 g/mol. The molecular formula is C17H22BrN3O2. The lowest BCUT2D eigenvalue weighted by molar-refractivity contribution is -0.127. The van der Waals surface area contributed by atoms with Crippen molar-refractivity contribution in [2.45, 2.75) is 25.7 Å². The maximum Gasteiger partial charge on any atom is 0.321 e. The summed E-state index contributed by atoms with van der Waals surface area (Å²) in [4.78, 5) is 26.6. The minimum atomic E-state index is -0.120. The van der Waals surface area contributed by atoms with Crippen molar-refractivity contribution < 1.29 is 9.59 Å². The summed E-state index contributed by atoms with van der Waals surface area (Å²) >= 11 is 3.38. The van der Waals surface area contributed by atoms with Crippen LogP contribution in [0.1, 0.15) is 25.7 Å². The third-order valence-corrected chi connectivity index (χ3v) is 5.72. The molecule has 6 heteroatoms. The lowest BCUT2D eigenvalue weighted by Crippen LogP contribution is -2.38. The largest absolute Gasteiger partial charge is 0.359 e. The topological polar surface area (TPSA) is 61.4 Å². The summed E-state index contributed by atoms with van der Waals surface area (Å²) in [5.41, 5.74) is 0.735. The van der Waals surface area contributed by atoms with Gasteiger partial charge in [0, 0.05) is 35.7 Å². The zero-order valence-electron chi connectivity index (χ0n) is 13.3. The first-order valence-electron chi connectivity index (χ1n) is 8.07. The van der Waals surface area contributed by atoms with Gasteiger partial charge in [-0.2, -0.15) is 0 Å². The van der Waals surface area contributed by atoms with Crippen LogP contribution >= 0.6 is 15.9 Å². The van der Waals surface area contributed by atoms with Gasteiger partial charge in [0.1, 0.15) is 0 Å². The molecule has 1 heterocycles. The molecule has 1 spiro atoms. The first-order valence-corrected chi connectivity index (χ1v) is 8.86. The molecule has 1 saturated heterocycles. The van der Waals surface area contributed by atoms with Crippen LogP contribution in [0.3, 0.4) is 0 Å². The number of nitrogens with zero attached hydrogens (tertiary/aromatic N) is 1. The highest BCUT2D eigenvalue weighted by Crippen LogP contribution is 2.49. The third kappa shape index (κ3) is 3.22. The first kappa shape index (κ1) is 16.3. The van der Waals surface area contributed by atoms with Crippen LogP contribution < -0.4 is 10.6 Å². The van der Waals surface area contributed by atoms with Gasteiger partial charge < -0.3 is 15.5 Å². The normalized spacial score (nSPS) is 22.3. The Morgan fingerprint density at radius 3 is 2.48 bits per heavy atom. The molecule has 1 aromatic carbocycles. The second kappa shape index (κ2) is 6.51. The molecule has 0 radical (unpaired) electrons. The average Bonchev–Trinajstić information content (AvgIpc) is 3.17. The van der Waals surface area contributed by atoms with E-state index in [2.05, 4.69) is 26.6 Å². The van der Waals surface area contributed by atoms with Crippen molar-refractivity contribution in [2.75, 3.05) is 25.5 Å². The van der Waals surface area contributed by atoms with E-state index >= 15 is 0 Å². The smallest absolute Gasteiger partial charge is 0.321 e. The van der Waals surface area contributed by atoms with Gasteiger partial charge in [-0.25, -0.2) is 4.79 Å². The number of rotatable bonds is 2. The fraction of sp³-hybridized carbons (Fsp3) is 0.529. The van der Waals surface area contributed by atoms with Crippen molar-refractivity contribution in [2.24, 2.45) is 11.3 Å². The van der Waals surface area contributed by atoms with E-state index in [4.69, 9.17) is 0 Å². The molecule has 5 nitrogen and oxygen atoms in total. The maximum absolute atomic E-state index is 12.6. The Hall–Kier alpha value is -1.56. The minimum Gasteiger partial charge on any atom is -0.359 e. The van der Waals surface area contributed by atoms with Gasteiger partial charge in [0.25, 0.3) is 0 Å². The van der Waals surface area contributed by atoms with Gasteiger partial charge in [0.15, 0.2) is 0 Å². The van der Waals surface area contributed by atoms with Crippen LogP contribution in [0.4, 0.5) is 10.5 Å². The van der Waals surface area contributed by atoms with Crippen molar-refractivity contribution in [3.05, 3.63) is 28.7 Å². The first-order chi connectivity index (χ1) is 11.0. The molecule has 2 fully saturated rings. The molecule has 124 valence electrons. The number of nitrogens with one attached hydrogen (secondary N) is 2. The summed E-state index contributed by atoms with van der Waals surface area (Å²) in [5.74, 6) is -0.0310. The van der Waals surface area contributed by atoms with E-state index < -0.39 is 0 Å². The van der Waals surface area contributed by atoms with Crippen molar-refractivity contribution in [1.82, 2.24) is 10.2 Å². The van der Waals surface area contributed by atoms with Gasteiger partial charge in [0.2, 0.25) is 5.91 Å². The highest BCUT2D eigenvalue weighted by Gasteiger charge is 2.52. The number of benzene rings is 1. The van der Waals surface area contributed by atoms with Crippen molar-refractivity contribution in [3.63, 3.8) is 0 Å². The van der Waals surface area contributed by atoms with Crippen LogP contribution in [0.25, 0.3) is 0 Å². The second-order valence-electron chi connectivity index (χ2n) is 6.55. The van der Waals surface area contributed by atoms with Crippen molar-refractivity contribution >= 4 is 33.6 Å². The van der Waals surface area contributed by atoms with Gasteiger partial charge in [-0.3, -0.25) is 4.79 Å². The summed E-state index contributed by atoms with van der Waals surface area (Å²) in [7, 11) is 1.68. The van der Waals surface area contributed by atoms with E-state index in [0.717, 1.165) is 35.8 Å². The van der Waals surface area contributed by atoms with E-state index in [0.29, 0.717) is 13.1 Å². The van der Waals surface area contributed by atoms with E-state index in [9.17, 15) is 9.59 Å². The summed E-state index contributed by atoms with van der Waals surface area (Å²) in [6.07, 6.45) is 4.37. The number of amides is 3. The van der Waals surface area contributed by atoms with Crippen molar-refractivity contribution in [1.29, 1.82) is 0 Å². The fourth-order valence-electron chi connectivity index (χ4n) is 3.98. The zero-order chi connectivity index (χ0) is 16.4. The Bertz CT molecular complexity index is 596. The van der Waals surface area contributed by atoms with Crippen LogP contribution in [0.15, 0.2) is 28.7 Å². The molecule has 2 aliphatic rings. The molecule has 1 atom stereocenters. The molecule has 0 bridgehead atoms. The number of urea groups is 1. The van der Waals surface area contributed by atoms with Crippen LogP contribution in [0.5, 0.6) is 0 Å². The van der Waals surface area contributed by atoms with Crippen LogP contribution in [-0.2, 0) is 4.79 Å². The SMILES string of the molecule is CNC(=O)C1CN(C(=O)Nc2ccc(Br)cc2)CC12CCCC2. The quantitative estimate of drug-likeness (QED) is 0.828. The number of carbonyl (C=O) groups excluding carboxylic acids is 2. The summed E-state index contributed by atoms with van der Waals surface area (Å²) < 4.78 is 0.973. The van der Waals surface area contributed by atoms with Crippen molar-refractivity contribution in [3.8, 4) is 0 Å². The van der Waals surface area contributed by atoms with Crippen LogP contribution in [-0.4, -0.2) is 37.0 Å². The molecule has 0 aromatic heterocycles. The molecule has 1 aliphatic heterocycles. The Morgan fingerprint density at radius 1 is 1.22 bits per heavy atom. The minimum absolute atomic E-state index is 0.0306. The van der Waals surface area contributed by atoms with E-state index in [1.165, 1.54) is 0 Å². The molecule has 2 N–H and O–H groups in total. The molecule has 1 unspecified atom stereocenters. The van der Waals surface area contributed by atoms with Crippen LogP contribution in [0.2, 0.25) is 0 Å². The van der Waals surface area contributed by atoms with Gasteiger partial charge >= 0.3 is 6.03 Å². The highest BCUT2D eigenvalue weighted by atomic mass is 79.9. The lowest BCUT2D eigenvalue weighted by atomic mass is 9.76. The predicted molar refractivity (Wildman–Crippen MR) is 93.2 cm³/mol. The molecule has 23 heavy (non-hydrogen) atoms. The van der Waals surface area contributed by atoms with Gasteiger partial charge in [-0.15, -0.1) is 0 Å². The Morgan fingerprint density at radius 2 is 1.87 bits per heavy atom. The Kier molecular flexibility index (Phi) is 4.62. The predicted octanol–water partition coefficient (Wildman–Crippen LogP) is 3.22. The standard InChI is InChI=1S/C17H22BrN3O2/c1-19-15(22)14-10-21(11-17(14)8-2-3-9-17)16(23)20-13-6-4-12(18)5-7-13/h4-7,14H,2-3,8-11H2,1H3,(H,19,22)(H,20,23). The second-order valence-corrected chi connectivity index (χ2v) is 7.47. The van der Waals surface area contributed by atoms with Gasteiger partial charge in [-0.1, -0.05) is 28.8 Å². The molecule has 1 saturated carbocycles. The number of hydrogen-bond acceptors (Lipinski definition) is 2. The Labute approximate surface area is 144 Å². The average molecular weight is 380 g/mol. The fourth-order valence-corrected chi connectivity index (χ4v) is 4.24. The van der Waals surface area contributed by atoms with Gasteiger partial charge in [0.05, 0.1) is 5.92 Å².